The van der Waals surface area contributed by atoms with Gasteiger partial charge in [-0.15, -0.1) is 0 Å². The average molecular weight is 544 g/mol. The van der Waals surface area contributed by atoms with E-state index in [-0.39, 0.29) is 5.91 Å². The smallest absolute Gasteiger partial charge is 0.253 e. The van der Waals surface area contributed by atoms with Crippen molar-refractivity contribution in [3.05, 3.63) is 71.0 Å². The lowest BCUT2D eigenvalue weighted by Gasteiger charge is -2.17. The van der Waals surface area contributed by atoms with E-state index in [1.54, 1.807) is 59.5 Å². The van der Waals surface area contributed by atoms with Gasteiger partial charge in [0, 0.05) is 70.2 Å². The lowest BCUT2D eigenvalue weighted by Crippen LogP contribution is -2.22. The normalized spacial score (nSPS) is 14.2. The van der Waals surface area contributed by atoms with Crippen LogP contribution in [0, 0.1) is 0 Å². The average Bonchev–Trinajstić information content (AvgIpc) is 3.08. The molecule has 218 valence electrons. The first-order valence-corrected chi connectivity index (χ1v) is 13.0. The maximum absolute atomic E-state index is 11.5. The van der Waals surface area contributed by atoms with Crippen molar-refractivity contribution in [2.24, 2.45) is 0 Å². The Balaban J connectivity index is 0.000000605. The standard InChI is InChI=1S/C15H21NO2.C11H17NO.C5H11NO2/c1-5-12-6-10(2)15-11(9-16-12)7-13(17-3)8-14(15)18-4;1-6-7-10(8-9(2)3)11(13)12(4)5;1-6(5-7)3-4-8-2/h6-8,10,16H,5,9H2,1-4H3;6-8H,2H2,1,3-5H3;5H,3-4H2,1-2H3/b;7-6+,10-8+;/t10-;;/m0../s1. The van der Waals surface area contributed by atoms with E-state index in [2.05, 4.69) is 37.9 Å². The van der Waals surface area contributed by atoms with Gasteiger partial charge in [-0.1, -0.05) is 44.2 Å². The number of rotatable bonds is 10. The number of methoxy groups -OCH3 is 3. The van der Waals surface area contributed by atoms with Gasteiger partial charge in [0.05, 0.1) is 20.8 Å². The first-order chi connectivity index (χ1) is 18.5. The summed E-state index contributed by atoms with van der Waals surface area (Å²) in [6.07, 6.45) is 9.49. The molecule has 8 heteroatoms. The molecule has 1 aromatic rings. The van der Waals surface area contributed by atoms with Gasteiger partial charge in [0.15, 0.2) is 0 Å². The van der Waals surface area contributed by atoms with Crippen LogP contribution >= 0.6 is 0 Å². The molecule has 1 heterocycles. The first-order valence-electron chi connectivity index (χ1n) is 13.0. The molecular weight excluding hydrogens is 494 g/mol. The second-order valence-electron chi connectivity index (χ2n) is 9.31. The summed E-state index contributed by atoms with van der Waals surface area (Å²) in [5, 5.41) is 3.47. The summed E-state index contributed by atoms with van der Waals surface area (Å²) < 4.78 is 15.6. The fraction of sp³-hybridized carbons (Fsp3) is 0.484. The van der Waals surface area contributed by atoms with Gasteiger partial charge in [0.1, 0.15) is 11.5 Å². The van der Waals surface area contributed by atoms with Crippen LogP contribution in [0.4, 0.5) is 0 Å². The number of carbonyl (C=O) groups excluding carboxylic acids is 2. The molecule has 0 spiro atoms. The number of amides is 2. The van der Waals surface area contributed by atoms with Crippen LogP contribution in [0.25, 0.3) is 0 Å². The van der Waals surface area contributed by atoms with Crippen LogP contribution < -0.4 is 14.8 Å². The highest BCUT2D eigenvalue weighted by Crippen LogP contribution is 2.37. The highest BCUT2D eigenvalue weighted by atomic mass is 16.5. The molecule has 1 aliphatic rings. The largest absolute Gasteiger partial charge is 0.497 e. The SMILES string of the molecule is C=C(C)/C=C(\C=C\C)C(=O)N(C)C.CCC1=C[C@H](C)c2c(cc(OC)cc2OC)CN1.COCCN(C)C=O. The van der Waals surface area contributed by atoms with Gasteiger partial charge >= 0.3 is 0 Å². The summed E-state index contributed by atoms with van der Waals surface area (Å²) in [4.78, 5) is 24.5. The first kappa shape index (κ1) is 35.5. The van der Waals surface area contributed by atoms with Crippen molar-refractivity contribution >= 4 is 12.3 Å². The number of benzene rings is 1. The summed E-state index contributed by atoms with van der Waals surface area (Å²) >= 11 is 0. The topological polar surface area (TPSA) is 80.3 Å². The summed E-state index contributed by atoms with van der Waals surface area (Å²) in [6, 6.07) is 4.05. The highest BCUT2D eigenvalue weighted by Gasteiger charge is 2.19. The molecule has 0 unspecified atom stereocenters. The van der Waals surface area contributed by atoms with Gasteiger partial charge in [-0.25, -0.2) is 0 Å². The summed E-state index contributed by atoms with van der Waals surface area (Å²) in [5.74, 6) is 2.11. The van der Waals surface area contributed by atoms with Gasteiger partial charge in [0.2, 0.25) is 6.41 Å². The van der Waals surface area contributed by atoms with Crippen LogP contribution in [0.1, 0.15) is 51.2 Å². The van der Waals surface area contributed by atoms with Gasteiger partial charge in [-0.05, 0) is 38.0 Å². The van der Waals surface area contributed by atoms with Crippen LogP contribution in [-0.4, -0.2) is 77.7 Å². The van der Waals surface area contributed by atoms with E-state index in [0.717, 1.165) is 36.4 Å². The Kier molecular flexibility index (Phi) is 17.8. The van der Waals surface area contributed by atoms with Crippen LogP contribution in [0.2, 0.25) is 0 Å². The molecule has 39 heavy (non-hydrogen) atoms. The molecule has 0 saturated heterocycles. The minimum atomic E-state index is 0.00102. The fourth-order valence-corrected chi connectivity index (χ4v) is 3.67. The quantitative estimate of drug-likeness (QED) is 0.252. The Hall–Kier alpha value is -3.52. The minimum Gasteiger partial charge on any atom is -0.497 e. The van der Waals surface area contributed by atoms with Crippen LogP contribution in [0.5, 0.6) is 11.5 Å². The highest BCUT2D eigenvalue weighted by molar-refractivity contribution is 5.96. The molecule has 0 radical (unpaired) electrons. The summed E-state index contributed by atoms with van der Waals surface area (Å²) in [6.45, 7) is 14.0. The molecule has 2 rings (SSSR count). The molecular formula is C31H49N3O5. The second kappa shape index (κ2) is 19.5. The van der Waals surface area contributed by atoms with Gasteiger partial charge in [-0.3, -0.25) is 9.59 Å². The van der Waals surface area contributed by atoms with Crippen molar-refractivity contribution in [3.63, 3.8) is 0 Å². The van der Waals surface area contributed by atoms with E-state index in [1.807, 2.05) is 26.0 Å². The van der Waals surface area contributed by atoms with Crippen molar-refractivity contribution < 1.29 is 23.8 Å². The number of fused-ring (bicyclic) bond motifs is 1. The third kappa shape index (κ3) is 13.2. The second-order valence-corrected chi connectivity index (χ2v) is 9.31. The number of likely N-dealkylation sites (N-methyl/N-ethyl adjacent to an activating group) is 2. The summed E-state index contributed by atoms with van der Waals surface area (Å²) in [7, 11) is 10.2. The number of hydrogen-bond acceptors (Lipinski definition) is 6. The van der Waals surface area contributed by atoms with Crippen molar-refractivity contribution in [2.75, 3.05) is 55.6 Å². The molecule has 1 N–H and O–H groups in total. The van der Waals surface area contributed by atoms with Gasteiger partial charge in [-0.2, -0.15) is 0 Å². The zero-order valence-electron chi connectivity index (χ0n) is 25.6. The third-order valence-corrected chi connectivity index (χ3v) is 5.68. The molecule has 1 aliphatic heterocycles. The molecule has 2 amide bonds. The van der Waals surface area contributed by atoms with E-state index < -0.39 is 0 Å². The number of nitrogens with zero attached hydrogens (tertiary/aromatic N) is 2. The van der Waals surface area contributed by atoms with Crippen LogP contribution in [0.15, 0.2) is 59.9 Å². The molecule has 0 fully saturated rings. The molecule has 0 aliphatic carbocycles. The maximum atomic E-state index is 11.5. The van der Waals surface area contributed by atoms with E-state index in [9.17, 15) is 9.59 Å². The van der Waals surface area contributed by atoms with E-state index in [1.165, 1.54) is 21.7 Å². The number of carbonyl (C=O) groups is 2. The molecule has 8 nitrogen and oxygen atoms in total. The molecule has 0 aromatic heterocycles. The maximum Gasteiger partial charge on any atom is 0.253 e. The Morgan fingerprint density at radius 1 is 1.18 bits per heavy atom. The van der Waals surface area contributed by atoms with Gasteiger partial charge < -0.3 is 29.3 Å². The van der Waals surface area contributed by atoms with Crippen molar-refractivity contribution in [3.8, 4) is 11.5 Å². The molecule has 1 aromatic carbocycles. The molecule has 0 saturated carbocycles. The lowest BCUT2D eigenvalue weighted by atomic mass is 9.94. The monoisotopic (exact) mass is 543 g/mol. The number of ether oxygens (including phenoxy) is 3. The van der Waals surface area contributed by atoms with Crippen molar-refractivity contribution in [1.82, 2.24) is 15.1 Å². The van der Waals surface area contributed by atoms with Crippen molar-refractivity contribution in [1.29, 1.82) is 0 Å². The Bertz CT molecular complexity index is 1010. The third-order valence-electron chi connectivity index (χ3n) is 5.68. The Morgan fingerprint density at radius 3 is 2.31 bits per heavy atom. The lowest BCUT2D eigenvalue weighted by molar-refractivity contribution is -0.124. The minimum absolute atomic E-state index is 0.00102. The van der Waals surface area contributed by atoms with Crippen LogP contribution in [0.3, 0.4) is 0 Å². The van der Waals surface area contributed by atoms with E-state index >= 15 is 0 Å². The Labute approximate surface area is 236 Å². The predicted molar refractivity (Wildman–Crippen MR) is 160 cm³/mol. The number of nitrogens with one attached hydrogen (secondary N) is 1. The van der Waals surface area contributed by atoms with Gasteiger partial charge in [0.25, 0.3) is 5.91 Å². The predicted octanol–water partition coefficient (Wildman–Crippen LogP) is 5.08. The number of allylic oxidation sites excluding steroid dienone is 5. The molecule has 1 atom stereocenters. The van der Waals surface area contributed by atoms with Crippen LogP contribution in [-0.2, 0) is 20.9 Å². The number of hydrogen-bond donors (Lipinski definition) is 1. The zero-order chi connectivity index (χ0) is 30.0. The Morgan fingerprint density at radius 2 is 1.85 bits per heavy atom. The summed E-state index contributed by atoms with van der Waals surface area (Å²) in [5.41, 5.74) is 5.34. The van der Waals surface area contributed by atoms with E-state index in [0.29, 0.717) is 24.6 Å². The zero-order valence-corrected chi connectivity index (χ0v) is 25.6. The van der Waals surface area contributed by atoms with E-state index in [4.69, 9.17) is 14.2 Å². The molecule has 0 bridgehead atoms. The van der Waals surface area contributed by atoms with Crippen molar-refractivity contribution in [2.45, 2.75) is 46.6 Å². The fourth-order valence-electron chi connectivity index (χ4n) is 3.67.